The first kappa shape index (κ1) is 13.6. The lowest BCUT2D eigenvalue weighted by Crippen LogP contribution is -2.32. The molecule has 0 spiro atoms. The zero-order chi connectivity index (χ0) is 14.8. The highest BCUT2D eigenvalue weighted by Crippen LogP contribution is 2.13. The summed E-state index contributed by atoms with van der Waals surface area (Å²) in [5.74, 6) is -0.636. The van der Waals surface area contributed by atoms with Crippen molar-refractivity contribution in [2.75, 3.05) is 7.05 Å². The van der Waals surface area contributed by atoms with Gasteiger partial charge in [0.15, 0.2) is 5.58 Å². The molecule has 108 valence electrons. The summed E-state index contributed by atoms with van der Waals surface area (Å²) in [5, 5.41) is 3.98. The van der Waals surface area contributed by atoms with E-state index < -0.39 is 5.76 Å². The average Bonchev–Trinajstić information content (AvgIpc) is 3.07. The number of likely N-dealkylation sites (N-methyl/N-ethyl adjacent to an activating group) is 1. The molecular weight excluding hydrogens is 288 g/mol. The Bertz CT molecular complexity index is 817. The molecule has 2 heterocycles. The summed E-state index contributed by atoms with van der Waals surface area (Å²) in [6.07, 6.45) is 0. The summed E-state index contributed by atoms with van der Waals surface area (Å²) in [6.45, 7) is 0.517. The van der Waals surface area contributed by atoms with Gasteiger partial charge in [0, 0.05) is 13.6 Å². The Morgan fingerprint density at radius 2 is 2.14 bits per heavy atom. The molecule has 6 heteroatoms. The van der Waals surface area contributed by atoms with Crippen LogP contribution in [0.25, 0.3) is 11.1 Å². The van der Waals surface area contributed by atoms with Crippen LogP contribution in [0.2, 0.25) is 0 Å². The summed E-state index contributed by atoms with van der Waals surface area (Å²) in [6, 6.07) is 9.07. The topological polar surface area (TPSA) is 55.5 Å². The van der Waals surface area contributed by atoms with Gasteiger partial charge in [0.1, 0.15) is 6.54 Å². The number of oxazole rings is 1. The van der Waals surface area contributed by atoms with Crippen molar-refractivity contribution < 1.29 is 9.21 Å². The van der Waals surface area contributed by atoms with E-state index in [2.05, 4.69) is 0 Å². The predicted octanol–water partition coefficient (Wildman–Crippen LogP) is 2.31. The average molecular weight is 302 g/mol. The molecule has 5 nitrogen and oxygen atoms in total. The third-order valence-electron chi connectivity index (χ3n) is 3.29. The Morgan fingerprint density at radius 3 is 2.90 bits per heavy atom. The number of nitrogens with zero attached hydrogens (tertiary/aromatic N) is 2. The van der Waals surface area contributed by atoms with Gasteiger partial charge in [-0.05, 0) is 34.5 Å². The molecule has 1 amide bonds. The molecule has 0 bridgehead atoms. The molecule has 0 saturated carbocycles. The van der Waals surface area contributed by atoms with Gasteiger partial charge < -0.3 is 9.32 Å². The van der Waals surface area contributed by atoms with Gasteiger partial charge in [-0.2, -0.15) is 11.3 Å². The fourth-order valence-electron chi connectivity index (χ4n) is 2.16. The number of aromatic nitrogens is 1. The van der Waals surface area contributed by atoms with Gasteiger partial charge in [0.2, 0.25) is 5.91 Å². The lowest BCUT2D eigenvalue weighted by molar-refractivity contribution is -0.131. The number of fused-ring (bicyclic) bond motifs is 1. The van der Waals surface area contributed by atoms with Crippen LogP contribution in [-0.2, 0) is 17.9 Å². The van der Waals surface area contributed by atoms with Crippen molar-refractivity contribution in [3.63, 3.8) is 0 Å². The molecule has 0 aliphatic carbocycles. The van der Waals surface area contributed by atoms with Gasteiger partial charge in [-0.15, -0.1) is 0 Å². The molecule has 0 atom stereocenters. The summed E-state index contributed by atoms with van der Waals surface area (Å²) in [7, 11) is 1.73. The lowest BCUT2D eigenvalue weighted by atomic mass is 10.3. The molecular formula is C15H14N2O3S. The Morgan fingerprint density at radius 1 is 1.33 bits per heavy atom. The minimum atomic E-state index is -0.506. The number of hydrogen-bond acceptors (Lipinski definition) is 4. The maximum atomic E-state index is 12.3. The zero-order valence-electron chi connectivity index (χ0n) is 11.5. The Hall–Kier alpha value is -2.34. The normalized spacial score (nSPS) is 10.9. The third-order valence-corrected chi connectivity index (χ3v) is 4.02. The predicted molar refractivity (Wildman–Crippen MR) is 81.3 cm³/mol. The van der Waals surface area contributed by atoms with Crippen molar-refractivity contribution in [1.82, 2.24) is 9.47 Å². The molecule has 1 aromatic carbocycles. The van der Waals surface area contributed by atoms with Crippen LogP contribution in [0.4, 0.5) is 0 Å². The highest BCUT2D eigenvalue weighted by atomic mass is 32.1. The van der Waals surface area contributed by atoms with Gasteiger partial charge in [-0.3, -0.25) is 9.36 Å². The van der Waals surface area contributed by atoms with Gasteiger partial charge in [-0.25, -0.2) is 4.79 Å². The molecule has 0 fully saturated rings. The molecule has 0 N–H and O–H groups in total. The zero-order valence-corrected chi connectivity index (χ0v) is 12.3. The fraction of sp³-hybridized carbons (Fsp3) is 0.200. The number of amides is 1. The second-order valence-corrected chi connectivity index (χ2v) is 5.58. The van der Waals surface area contributed by atoms with Crippen molar-refractivity contribution in [1.29, 1.82) is 0 Å². The van der Waals surface area contributed by atoms with Crippen LogP contribution in [-0.4, -0.2) is 22.4 Å². The van der Waals surface area contributed by atoms with Crippen LogP contribution in [0.5, 0.6) is 0 Å². The van der Waals surface area contributed by atoms with Crippen LogP contribution in [0.15, 0.2) is 50.3 Å². The summed E-state index contributed by atoms with van der Waals surface area (Å²) < 4.78 is 6.49. The smallest absolute Gasteiger partial charge is 0.408 e. The van der Waals surface area contributed by atoms with E-state index in [4.69, 9.17) is 4.42 Å². The highest BCUT2D eigenvalue weighted by molar-refractivity contribution is 7.07. The number of hydrogen-bond donors (Lipinski definition) is 0. The Kier molecular flexibility index (Phi) is 3.62. The Labute approximate surface area is 125 Å². The van der Waals surface area contributed by atoms with Crippen molar-refractivity contribution in [2.45, 2.75) is 13.1 Å². The molecule has 0 unspecified atom stereocenters. The van der Waals surface area contributed by atoms with E-state index in [1.54, 1.807) is 41.5 Å². The molecule has 0 aliphatic heterocycles. The van der Waals surface area contributed by atoms with E-state index in [1.165, 1.54) is 4.57 Å². The van der Waals surface area contributed by atoms with Crippen LogP contribution in [0.1, 0.15) is 5.56 Å². The summed E-state index contributed by atoms with van der Waals surface area (Å²) >= 11 is 1.59. The van der Waals surface area contributed by atoms with Crippen LogP contribution in [0.3, 0.4) is 0 Å². The molecule has 3 aromatic rings. The van der Waals surface area contributed by atoms with Crippen molar-refractivity contribution in [3.8, 4) is 0 Å². The maximum Gasteiger partial charge on any atom is 0.420 e. The second-order valence-electron chi connectivity index (χ2n) is 4.80. The monoisotopic (exact) mass is 302 g/mol. The minimum Gasteiger partial charge on any atom is -0.408 e. The van der Waals surface area contributed by atoms with Crippen molar-refractivity contribution >= 4 is 28.3 Å². The molecule has 0 aliphatic rings. The minimum absolute atomic E-state index is 0.0174. The number of rotatable bonds is 4. The first-order valence-electron chi connectivity index (χ1n) is 6.48. The van der Waals surface area contributed by atoms with Crippen LogP contribution in [0, 0.1) is 0 Å². The molecule has 0 radical (unpaired) electrons. The van der Waals surface area contributed by atoms with E-state index in [-0.39, 0.29) is 12.5 Å². The molecule has 0 saturated heterocycles. The van der Waals surface area contributed by atoms with Crippen LogP contribution >= 0.6 is 11.3 Å². The van der Waals surface area contributed by atoms with Gasteiger partial charge >= 0.3 is 5.76 Å². The van der Waals surface area contributed by atoms with E-state index in [1.807, 2.05) is 22.9 Å². The molecule has 2 aromatic heterocycles. The third kappa shape index (κ3) is 2.75. The lowest BCUT2D eigenvalue weighted by Gasteiger charge is -2.16. The van der Waals surface area contributed by atoms with E-state index in [9.17, 15) is 9.59 Å². The second kappa shape index (κ2) is 5.57. The molecule has 3 rings (SSSR count). The quantitative estimate of drug-likeness (QED) is 0.743. The standard InChI is InChI=1S/C15H14N2O3S/c1-16(8-11-6-7-21-10-11)14(18)9-17-12-4-2-3-5-13(12)20-15(17)19/h2-7,10H,8-9H2,1H3. The van der Waals surface area contributed by atoms with Gasteiger partial charge in [0.25, 0.3) is 0 Å². The first-order valence-corrected chi connectivity index (χ1v) is 7.43. The van der Waals surface area contributed by atoms with Crippen molar-refractivity contribution in [2.24, 2.45) is 0 Å². The maximum absolute atomic E-state index is 12.3. The number of para-hydroxylation sites is 2. The SMILES string of the molecule is CN(Cc1ccsc1)C(=O)Cn1c(=O)oc2ccccc21. The van der Waals surface area contributed by atoms with Crippen molar-refractivity contribution in [3.05, 3.63) is 57.2 Å². The van der Waals surface area contributed by atoms with E-state index in [0.29, 0.717) is 17.6 Å². The Balaban J connectivity index is 1.80. The number of carbonyl (C=O) groups excluding carboxylic acids is 1. The largest absolute Gasteiger partial charge is 0.420 e. The summed E-state index contributed by atoms with van der Waals surface area (Å²) in [5.41, 5.74) is 2.22. The number of carbonyl (C=O) groups is 1. The van der Waals surface area contributed by atoms with Gasteiger partial charge in [0.05, 0.1) is 5.52 Å². The number of benzene rings is 1. The summed E-state index contributed by atoms with van der Waals surface area (Å²) in [4.78, 5) is 25.7. The first-order chi connectivity index (χ1) is 10.1. The highest BCUT2D eigenvalue weighted by Gasteiger charge is 2.15. The molecule has 21 heavy (non-hydrogen) atoms. The number of thiophene rings is 1. The van der Waals surface area contributed by atoms with Gasteiger partial charge in [-0.1, -0.05) is 12.1 Å². The van der Waals surface area contributed by atoms with Crippen LogP contribution < -0.4 is 5.76 Å². The van der Waals surface area contributed by atoms with E-state index >= 15 is 0 Å². The van der Waals surface area contributed by atoms with E-state index in [0.717, 1.165) is 5.56 Å². The fourth-order valence-corrected chi connectivity index (χ4v) is 2.82.